The zero-order chi connectivity index (χ0) is 13.0. The van der Waals surface area contributed by atoms with Crippen molar-refractivity contribution in [3.63, 3.8) is 0 Å². The smallest absolute Gasteiger partial charge is 0.254 e. The van der Waals surface area contributed by atoms with Gasteiger partial charge in [0.05, 0.1) is 7.11 Å². The van der Waals surface area contributed by atoms with Crippen molar-refractivity contribution in [1.82, 2.24) is 10.6 Å². The molecule has 1 aromatic carbocycles. The van der Waals surface area contributed by atoms with Gasteiger partial charge in [-0.1, -0.05) is 25.1 Å². The van der Waals surface area contributed by atoms with Gasteiger partial charge in [-0.25, -0.2) is 0 Å². The van der Waals surface area contributed by atoms with Crippen LogP contribution in [0.15, 0.2) is 29.3 Å². The van der Waals surface area contributed by atoms with Crippen LogP contribution in [0, 0.1) is 0 Å². The van der Waals surface area contributed by atoms with Gasteiger partial charge in [0.15, 0.2) is 5.96 Å². The number of guanidine groups is 1. The highest BCUT2D eigenvalue weighted by atomic mass is 16.5. The molecule has 1 atom stereocenters. The Bertz CT molecular complexity index is 471. The molecule has 1 saturated heterocycles. The molecule has 0 spiro atoms. The molecule has 0 bridgehead atoms. The normalized spacial score (nSPS) is 20.7. The average Bonchev–Trinajstić information content (AvgIpc) is 2.77. The predicted octanol–water partition coefficient (Wildman–Crippen LogP) is 1.22. The maximum absolute atomic E-state index is 11.9. The number of nitrogens with one attached hydrogen (secondary N) is 2. The molecule has 1 fully saturated rings. The highest BCUT2D eigenvalue weighted by molar-refractivity contribution is 6.07. The molecule has 0 saturated carbocycles. The number of methoxy groups -OCH3 is 1. The third kappa shape index (κ3) is 2.45. The first-order chi connectivity index (χ1) is 8.76. The Morgan fingerprint density at radius 1 is 1.39 bits per heavy atom. The lowest BCUT2D eigenvalue weighted by atomic mass is 10.1. The number of carbonyl (C=O) groups is 1. The molecular weight excluding hydrogens is 230 g/mol. The van der Waals surface area contributed by atoms with Gasteiger partial charge < -0.3 is 10.1 Å². The number of aliphatic imine (C=N–C) groups is 1. The molecule has 5 nitrogen and oxygen atoms in total. The van der Waals surface area contributed by atoms with Gasteiger partial charge in [-0.15, -0.1) is 0 Å². The van der Waals surface area contributed by atoms with E-state index in [9.17, 15) is 4.79 Å². The standard InChI is InChI=1S/C13H17N3O2/c1-3-8-14-13-15-11(12(17)16-13)9-6-4-5-7-10(9)18-2/h4-7,11H,3,8H2,1-2H3,(H2,14,15,16,17). The van der Waals surface area contributed by atoms with Gasteiger partial charge in [0.2, 0.25) is 0 Å². The quantitative estimate of drug-likeness (QED) is 0.841. The maximum atomic E-state index is 11.9. The predicted molar refractivity (Wildman–Crippen MR) is 69.6 cm³/mol. The molecule has 96 valence electrons. The lowest BCUT2D eigenvalue weighted by molar-refractivity contribution is -0.120. The van der Waals surface area contributed by atoms with E-state index in [4.69, 9.17) is 4.74 Å². The summed E-state index contributed by atoms with van der Waals surface area (Å²) in [5.41, 5.74) is 0.819. The Labute approximate surface area is 106 Å². The van der Waals surface area contributed by atoms with Crippen LogP contribution in [0.4, 0.5) is 0 Å². The van der Waals surface area contributed by atoms with Crippen LogP contribution in [0.5, 0.6) is 5.75 Å². The number of hydrogen-bond donors (Lipinski definition) is 2. The fourth-order valence-electron chi connectivity index (χ4n) is 1.86. The van der Waals surface area contributed by atoms with Crippen molar-refractivity contribution >= 4 is 11.9 Å². The van der Waals surface area contributed by atoms with Crippen molar-refractivity contribution in [2.45, 2.75) is 19.4 Å². The van der Waals surface area contributed by atoms with E-state index < -0.39 is 6.04 Å². The van der Waals surface area contributed by atoms with Crippen molar-refractivity contribution in [1.29, 1.82) is 0 Å². The van der Waals surface area contributed by atoms with E-state index in [-0.39, 0.29) is 5.91 Å². The Morgan fingerprint density at radius 2 is 2.17 bits per heavy atom. The lowest BCUT2D eigenvalue weighted by Gasteiger charge is -2.12. The fraction of sp³-hybridized carbons (Fsp3) is 0.385. The van der Waals surface area contributed by atoms with E-state index in [0.29, 0.717) is 18.3 Å². The first kappa shape index (κ1) is 12.4. The van der Waals surface area contributed by atoms with Crippen molar-refractivity contribution in [2.24, 2.45) is 4.99 Å². The Kier molecular flexibility index (Phi) is 3.82. The topological polar surface area (TPSA) is 62.7 Å². The van der Waals surface area contributed by atoms with Crippen LogP contribution in [-0.4, -0.2) is 25.5 Å². The van der Waals surface area contributed by atoms with Crippen LogP contribution in [0.25, 0.3) is 0 Å². The summed E-state index contributed by atoms with van der Waals surface area (Å²) in [5, 5.41) is 5.81. The summed E-state index contributed by atoms with van der Waals surface area (Å²) in [5.74, 6) is 1.13. The molecule has 0 radical (unpaired) electrons. The summed E-state index contributed by atoms with van der Waals surface area (Å²) in [4.78, 5) is 16.2. The van der Waals surface area contributed by atoms with Crippen LogP contribution in [-0.2, 0) is 4.79 Å². The molecule has 18 heavy (non-hydrogen) atoms. The Balaban J connectivity index is 2.21. The van der Waals surface area contributed by atoms with Crippen LogP contribution in [0.1, 0.15) is 24.9 Å². The first-order valence-corrected chi connectivity index (χ1v) is 6.01. The maximum Gasteiger partial charge on any atom is 0.254 e. The van der Waals surface area contributed by atoms with Gasteiger partial charge in [-0.2, -0.15) is 0 Å². The van der Waals surface area contributed by atoms with Crippen LogP contribution < -0.4 is 15.4 Å². The molecule has 1 aromatic rings. The van der Waals surface area contributed by atoms with Gasteiger partial charge >= 0.3 is 0 Å². The molecule has 1 amide bonds. The summed E-state index contributed by atoms with van der Waals surface area (Å²) >= 11 is 0. The number of rotatable bonds is 4. The molecular formula is C13H17N3O2. The van der Waals surface area contributed by atoms with E-state index in [1.54, 1.807) is 7.11 Å². The van der Waals surface area contributed by atoms with Crippen molar-refractivity contribution in [3.05, 3.63) is 29.8 Å². The molecule has 1 aliphatic heterocycles. The lowest BCUT2D eigenvalue weighted by Crippen LogP contribution is -2.25. The minimum atomic E-state index is -0.434. The van der Waals surface area contributed by atoms with Crippen LogP contribution in [0.2, 0.25) is 0 Å². The number of para-hydroxylation sites is 1. The zero-order valence-corrected chi connectivity index (χ0v) is 10.6. The largest absolute Gasteiger partial charge is 0.496 e. The van der Waals surface area contributed by atoms with Gasteiger partial charge in [0.25, 0.3) is 5.91 Å². The van der Waals surface area contributed by atoms with Gasteiger partial charge in [-0.3, -0.25) is 15.1 Å². The minimum absolute atomic E-state index is 0.102. The molecule has 1 aliphatic rings. The number of nitrogens with zero attached hydrogens (tertiary/aromatic N) is 1. The first-order valence-electron chi connectivity index (χ1n) is 6.01. The summed E-state index contributed by atoms with van der Waals surface area (Å²) in [6.45, 7) is 2.74. The van der Waals surface area contributed by atoms with Gasteiger partial charge in [0, 0.05) is 12.1 Å². The number of carbonyl (C=O) groups excluding carboxylic acids is 1. The molecule has 1 heterocycles. The second-order valence-corrected chi connectivity index (χ2v) is 4.04. The van der Waals surface area contributed by atoms with Gasteiger partial charge in [0.1, 0.15) is 11.8 Å². The summed E-state index contributed by atoms with van der Waals surface area (Å²) in [6.07, 6.45) is 0.945. The van der Waals surface area contributed by atoms with Crippen molar-refractivity contribution in [2.75, 3.05) is 13.7 Å². The summed E-state index contributed by atoms with van der Waals surface area (Å²) in [7, 11) is 1.60. The molecule has 0 aliphatic carbocycles. The monoisotopic (exact) mass is 247 g/mol. The highest BCUT2D eigenvalue weighted by Crippen LogP contribution is 2.26. The van der Waals surface area contributed by atoms with E-state index in [1.165, 1.54) is 0 Å². The molecule has 2 rings (SSSR count). The SMILES string of the molecule is CCCN=C1NC(=O)C(c2ccccc2OC)N1. The molecule has 5 heteroatoms. The minimum Gasteiger partial charge on any atom is -0.496 e. The van der Waals surface area contributed by atoms with Crippen molar-refractivity contribution in [3.8, 4) is 5.75 Å². The number of amides is 1. The summed E-state index contributed by atoms with van der Waals surface area (Å²) < 4.78 is 5.26. The second-order valence-electron chi connectivity index (χ2n) is 4.04. The zero-order valence-electron chi connectivity index (χ0n) is 10.6. The third-order valence-electron chi connectivity index (χ3n) is 2.73. The molecule has 0 aromatic heterocycles. The van der Waals surface area contributed by atoms with Crippen molar-refractivity contribution < 1.29 is 9.53 Å². The molecule has 1 unspecified atom stereocenters. The number of hydrogen-bond acceptors (Lipinski definition) is 3. The van der Waals surface area contributed by atoms with E-state index >= 15 is 0 Å². The summed E-state index contributed by atoms with van der Waals surface area (Å²) in [6, 6.07) is 7.04. The fourth-order valence-corrected chi connectivity index (χ4v) is 1.86. The average molecular weight is 247 g/mol. The third-order valence-corrected chi connectivity index (χ3v) is 2.73. The van der Waals surface area contributed by atoms with Gasteiger partial charge in [-0.05, 0) is 12.5 Å². The number of benzene rings is 1. The van der Waals surface area contributed by atoms with Crippen LogP contribution in [0.3, 0.4) is 0 Å². The highest BCUT2D eigenvalue weighted by Gasteiger charge is 2.31. The Morgan fingerprint density at radius 3 is 2.89 bits per heavy atom. The molecule has 2 N–H and O–H groups in total. The van der Waals surface area contributed by atoms with E-state index in [2.05, 4.69) is 15.6 Å². The van der Waals surface area contributed by atoms with E-state index in [0.717, 1.165) is 12.0 Å². The van der Waals surface area contributed by atoms with E-state index in [1.807, 2.05) is 31.2 Å². The number of ether oxygens (including phenoxy) is 1. The van der Waals surface area contributed by atoms with Crippen LogP contribution >= 0.6 is 0 Å². The second kappa shape index (κ2) is 5.53. The Hall–Kier alpha value is -2.04.